The number of benzene rings is 5. The number of aliphatic imine (C=N–C) groups is 1. The molecule has 0 bridgehead atoms. The van der Waals surface area contributed by atoms with Crippen molar-refractivity contribution < 1.29 is 20.4 Å². The first-order valence-corrected chi connectivity index (χ1v) is 15.0. The molecule has 0 aliphatic heterocycles. The number of aryl methyl sites for hydroxylation is 1. The molecule has 6 heteroatoms. The van der Waals surface area contributed by atoms with Gasteiger partial charge in [0.25, 0.3) is 0 Å². The summed E-state index contributed by atoms with van der Waals surface area (Å²) < 4.78 is 0. The monoisotopic (exact) mass is 610 g/mol. The maximum absolute atomic E-state index is 10.6. The first-order valence-electron chi connectivity index (χ1n) is 15.0. The summed E-state index contributed by atoms with van der Waals surface area (Å²) in [5.41, 5.74) is 8.44. The molecule has 5 rings (SSSR count). The van der Waals surface area contributed by atoms with E-state index in [1.807, 2.05) is 74.6 Å². The highest BCUT2D eigenvalue weighted by Gasteiger charge is 2.23. The number of phenolic OH excluding ortho intramolecular Hbond substituents is 4. The Bertz CT molecular complexity index is 1930. The predicted molar refractivity (Wildman–Crippen MR) is 188 cm³/mol. The largest absolute Gasteiger partial charge is 0.504 e. The normalized spacial score (nSPS) is 12.0. The van der Waals surface area contributed by atoms with Crippen LogP contribution in [0.5, 0.6) is 23.0 Å². The van der Waals surface area contributed by atoms with E-state index in [0.717, 1.165) is 39.2 Å². The number of hydrogen-bond donors (Lipinski definition) is 4. The van der Waals surface area contributed by atoms with E-state index in [0.29, 0.717) is 11.3 Å². The van der Waals surface area contributed by atoms with Crippen LogP contribution in [0, 0.1) is 13.8 Å². The number of phenols is 4. The van der Waals surface area contributed by atoms with E-state index in [1.54, 1.807) is 19.1 Å². The van der Waals surface area contributed by atoms with E-state index in [-0.39, 0.29) is 17.2 Å². The molecule has 4 N–H and O–H groups in total. The van der Waals surface area contributed by atoms with Crippen LogP contribution in [0.4, 0.5) is 0 Å². The summed E-state index contributed by atoms with van der Waals surface area (Å²) in [4.78, 5) is 7.24. The molecule has 1 unspecified atom stereocenters. The van der Waals surface area contributed by atoms with Crippen molar-refractivity contribution in [1.82, 2.24) is 4.90 Å². The molecule has 0 aliphatic rings. The van der Waals surface area contributed by atoms with E-state index >= 15 is 0 Å². The highest BCUT2D eigenvalue weighted by atomic mass is 16.3. The molecule has 0 aromatic heterocycles. The fraction of sp³-hybridized carbons (Fsp3) is 0.125. The van der Waals surface area contributed by atoms with Gasteiger partial charge in [0.1, 0.15) is 5.84 Å². The van der Waals surface area contributed by atoms with Gasteiger partial charge in [0.2, 0.25) is 11.5 Å². The fourth-order valence-corrected chi connectivity index (χ4v) is 5.71. The van der Waals surface area contributed by atoms with Crippen LogP contribution in [0.1, 0.15) is 46.3 Å². The van der Waals surface area contributed by atoms with Gasteiger partial charge in [0.05, 0.1) is 11.7 Å². The van der Waals surface area contributed by atoms with Crippen molar-refractivity contribution in [1.29, 1.82) is 0 Å². The number of amidine groups is 1. The molecule has 232 valence electrons. The summed E-state index contributed by atoms with van der Waals surface area (Å²) in [5.74, 6) is -1.70. The predicted octanol–water partition coefficient (Wildman–Crippen LogP) is 9.21. The highest BCUT2D eigenvalue weighted by molar-refractivity contribution is 6.02. The summed E-state index contributed by atoms with van der Waals surface area (Å²) in [6.45, 7) is 14.1. The Balaban J connectivity index is 1.50. The molecule has 0 aliphatic carbocycles. The van der Waals surface area contributed by atoms with Crippen LogP contribution in [0.2, 0.25) is 0 Å². The molecule has 6 nitrogen and oxygen atoms in total. The summed E-state index contributed by atoms with van der Waals surface area (Å²) >= 11 is 0. The maximum Gasteiger partial charge on any atom is 0.204 e. The van der Waals surface area contributed by atoms with Gasteiger partial charge in [-0.15, -0.1) is 0 Å². The second kappa shape index (κ2) is 13.1. The van der Waals surface area contributed by atoms with Crippen LogP contribution in [0.3, 0.4) is 0 Å². The summed E-state index contributed by atoms with van der Waals surface area (Å²) in [7, 11) is 2.05. The van der Waals surface area contributed by atoms with E-state index in [9.17, 15) is 20.4 Å². The molecule has 1 atom stereocenters. The lowest BCUT2D eigenvalue weighted by Gasteiger charge is -2.29. The second-order valence-corrected chi connectivity index (χ2v) is 11.4. The lowest BCUT2D eigenvalue weighted by atomic mass is 9.90. The van der Waals surface area contributed by atoms with Crippen molar-refractivity contribution >= 4 is 17.6 Å². The minimum atomic E-state index is -0.771. The first kappa shape index (κ1) is 31.7. The minimum Gasteiger partial charge on any atom is -0.504 e. The Morgan fingerprint density at radius 2 is 1.35 bits per heavy atom. The van der Waals surface area contributed by atoms with Crippen LogP contribution < -0.4 is 0 Å². The molecule has 0 saturated heterocycles. The molecule has 0 amide bonds. The van der Waals surface area contributed by atoms with Gasteiger partial charge in [-0.05, 0) is 71.8 Å². The zero-order chi connectivity index (χ0) is 33.1. The Morgan fingerprint density at radius 3 is 1.98 bits per heavy atom. The third-order valence-corrected chi connectivity index (χ3v) is 8.52. The van der Waals surface area contributed by atoms with Gasteiger partial charge in [-0.2, -0.15) is 0 Å². The Labute approximate surface area is 270 Å². The van der Waals surface area contributed by atoms with Crippen molar-refractivity contribution in [3.05, 3.63) is 144 Å². The summed E-state index contributed by atoms with van der Waals surface area (Å²) in [6, 6.07) is 32.2. The molecule has 0 heterocycles. The fourth-order valence-electron chi connectivity index (χ4n) is 5.71. The third kappa shape index (κ3) is 5.97. The molecule has 0 saturated carbocycles. The van der Waals surface area contributed by atoms with Gasteiger partial charge in [-0.25, -0.2) is 4.99 Å². The van der Waals surface area contributed by atoms with Crippen LogP contribution in [0.15, 0.2) is 115 Å². The van der Waals surface area contributed by atoms with Crippen molar-refractivity contribution in [2.45, 2.75) is 26.8 Å². The van der Waals surface area contributed by atoms with Crippen LogP contribution in [0.25, 0.3) is 34.0 Å². The SMILES string of the molecule is C=Cc1cc(-c2c(C)c(O)c(O)c(O)c2O)ccc1-c1ccc(C(=C)N=C(c2ccccc2)N(C)C(C)c2ccccc2)cc1C. The van der Waals surface area contributed by atoms with E-state index in [4.69, 9.17) is 4.99 Å². The lowest BCUT2D eigenvalue weighted by molar-refractivity contribution is 0.345. The number of nitrogens with zero attached hydrogens (tertiary/aromatic N) is 2. The van der Waals surface area contributed by atoms with Gasteiger partial charge >= 0.3 is 0 Å². The van der Waals surface area contributed by atoms with Crippen molar-refractivity contribution in [2.75, 3.05) is 7.05 Å². The lowest BCUT2D eigenvalue weighted by Crippen LogP contribution is -2.30. The zero-order valence-electron chi connectivity index (χ0n) is 26.5. The Hall–Kier alpha value is -5.75. The molecular formula is C40H38N2O4. The molecule has 5 aromatic rings. The summed E-state index contributed by atoms with van der Waals surface area (Å²) in [6.07, 6.45) is 1.72. The van der Waals surface area contributed by atoms with Crippen molar-refractivity contribution in [3.63, 3.8) is 0 Å². The van der Waals surface area contributed by atoms with Gasteiger partial charge in [-0.1, -0.05) is 104 Å². The van der Waals surface area contributed by atoms with E-state index < -0.39 is 23.0 Å². The van der Waals surface area contributed by atoms with Crippen molar-refractivity contribution in [2.24, 2.45) is 4.99 Å². The van der Waals surface area contributed by atoms with Gasteiger partial charge in [0.15, 0.2) is 11.5 Å². The first-order chi connectivity index (χ1) is 22.0. The number of hydrogen-bond acceptors (Lipinski definition) is 5. The third-order valence-electron chi connectivity index (χ3n) is 8.52. The highest BCUT2D eigenvalue weighted by Crippen LogP contribution is 2.51. The topological polar surface area (TPSA) is 96.5 Å². The molecule has 5 aromatic carbocycles. The number of rotatable bonds is 8. The van der Waals surface area contributed by atoms with Gasteiger partial charge in [-0.3, -0.25) is 0 Å². The Kier molecular flexibility index (Phi) is 9.01. The quantitative estimate of drug-likeness (QED) is 0.0608. The second-order valence-electron chi connectivity index (χ2n) is 11.4. The van der Waals surface area contributed by atoms with Crippen LogP contribution in [-0.2, 0) is 0 Å². The van der Waals surface area contributed by atoms with Gasteiger partial charge < -0.3 is 25.3 Å². The van der Waals surface area contributed by atoms with Crippen LogP contribution in [-0.4, -0.2) is 38.2 Å². The summed E-state index contributed by atoms with van der Waals surface area (Å²) in [5, 5.41) is 41.0. The van der Waals surface area contributed by atoms with Gasteiger partial charge in [0, 0.05) is 23.7 Å². The average Bonchev–Trinajstić information content (AvgIpc) is 3.09. The zero-order valence-corrected chi connectivity index (χ0v) is 26.5. The number of aromatic hydroxyl groups is 4. The molecule has 0 spiro atoms. The molecule has 0 fully saturated rings. The molecular weight excluding hydrogens is 572 g/mol. The Morgan fingerprint density at radius 1 is 0.739 bits per heavy atom. The smallest absolute Gasteiger partial charge is 0.204 e. The van der Waals surface area contributed by atoms with Crippen molar-refractivity contribution in [3.8, 4) is 45.3 Å². The molecule has 0 radical (unpaired) electrons. The van der Waals surface area contributed by atoms with Crippen LogP contribution >= 0.6 is 0 Å². The molecule has 46 heavy (non-hydrogen) atoms. The average molecular weight is 611 g/mol. The minimum absolute atomic E-state index is 0.0811. The van der Waals surface area contributed by atoms with E-state index in [1.165, 1.54) is 5.56 Å². The van der Waals surface area contributed by atoms with E-state index in [2.05, 4.69) is 55.3 Å². The maximum atomic E-state index is 10.6. The standard InChI is InChI=1S/C40H38N2O4/c1-7-28-23-32(35-25(3)36(43)38(45)39(46)37(35)44)19-21-34(28)33-20-18-31(22-24(33)2)26(4)41-40(30-16-12-9-13-17-30)42(6)27(5)29-14-10-8-11-15-29/h7-23,27,43-46H,1,4H2,2-3,5-6H3.